The van der Waals surface area contributed by atoms with E-state index in [0.717, 1.165) is 11.8 Å². The minimum absolute atomic E-state index is 0.264. The van der Waals surface area contributed by atoms with Crippen LogP contribution in [0.4, 0.5) is 0 Å². The molecule has 0 aromatic heterocycles. The first-order valence-electron chi connectivity index (χ1n) is 6.91. The Morgan fingerprint density at radius 3 is 2.38 bits per heavy atom. The van der Waals surface area contributed by atoms with Gasteiger partial charge in [-0.1, -0.05) is 40.5 Å². The van der Waals surface area contributed by atoms with Gasteiger partial charge in [0.2, 0.25) is 0 Å². The van der Waals surface area contributed by atoms with Crippen molar-refractivity contribution in [3.63, 3.8) is 0 Å². The van der Waals surface area contributed by atoms with Crippen LogP contribution in [0.3, 0.4) is 0 Å². The lowest BCUT2D eigenvalue weighted by Gasteiger charge is -2.35. The summed E-state index contributed by atoms with van der Waals surface area (Å²) in [6.07, 6.45) is 5.31. The third-order valence-corrected chi connectivity index (χ3v) is 4.11. The second-order valence-corrected chi connectivity index (χ2v) is 6.07. The van der Waals surface area contributed by atoms with Crippen LogP contribution in [0, 0.1) is 17.8 Å². The molecule has 0 bridgehead atoms. The highest BCUT2D eigenvalue weighted by Crippen LogP contribution is 2.30. The molecule has 16 heavy (non-hydrogen) atoms. The summed E-state index contributed by atoms with van der Waals surface area (Å²) in [5.41, 5.74) is 0. The first kappa shape index (κ1) is 14.0. The largest absolute Gasteiger partial charge is 0.395 e. The van der Waals surface area contributed by atoms with Crippen LogP contribution in [0.25, 0.3) is 0 Å². The molecule has 0 aliphatic heterocycles. The average molecular weight is 227 g/mol. The molecule has 1 rings (SSSR count). The monoisotopic (exact) mass is 227 g/mol. The maximum Gasteiger partial charge on any atom is 0.0587 e. The molecule has 0 heterocycles. The topological polar surface area (TPSA) is 32.3 Å². The van der Waals surface area contributed by atoms with Gasteiger partial charge >= 0.3 is 0 Å². The summed E-state index contributed by atoms with van der Waals surface area (Å²) in [4.78, 5) is 0. The molecule has 1 aliphatic carbocycles. The standard InChI is InChI=1S/C14H29NO/c1-10(2)12-6-5-7-13(8-12)15-14(9-16)11(3)4/h10-16H,5-9H2,1-4H3. The fraction of sp³-hybridized carbons (Fsp3) is 1.00. The molecular weight excluding hydrogens is 198 g/mol. The van der Waals surface area contributed by atoms with Crippen LogP contribution in [0.5, 0.6) is 0 Å². The molecule has 0 saturated heterocycles. The normalized spacial score (nSPS) is 28.7. The number of aliphatic hydroxyl groups excluding tert-OH is 1. The number of rotatable bonds is 5. The summed E-state index contributed by atoms with van der Waals surface area (Å²) in [6.45, 7) is 9.28. The fourth-order valence-corrected chi connectivity index (χ4v) is 2.74. The van der Waals surface area contributed by atoms with Crippen LogP contribution in [-0.2, 0) is 0 Å². The molecule has 3 unspecified atom stereocenters. The van der Waals surface area contributed by atoms with Crippen molar-refractivity contribution in [1.29, 1.82) is 0 Å². The van der Waals surface area contributed by atoms with Gasteiger partial charge in [-0.3, -0.25) is 0 Å². The molecule has 3 atom stereocenters. The van der Waals surface area contributed by atoms with Crippen molar-refractivity contribution in [2.45, 2.75) is 65.5 Å². The average Bonchev–Trinajstić information content (AvgIpc) is 2.25. The molecule has 1 aliphatic rings. The van der Waals surface area contributed by atoms with Crippen molar-refractivity contribution in [2.24, 2.45) is 17.8 Å². The SMILES string of the molecule is CC(C)C1CCCC(NC(CO)C(C)C)C1. The van der Waals surface area contributed by atoms with E-state index in [1.165, 1.54) is 25.7 Å². The Kier molecular flexibility index (Phi) is 5.77. The van der Waals surface area contributed by atoms with E-state index in [2.05, 4.69) is 33.0 Å². The van der Waals surface area contributed by atoms with Gasteiger partial charge in [0.25, 0.3) is 0 Å². The van der Waals surface area contributed by atoms with E-state index in [9.17, 15) is 5.11 Å². The van der Waals surface area contributed by atoms with E-state index < -0.39 is 0 Å². The third kappa shape index (κ3) is 4.06. The van der Waals surface area contributed by atoms with Crippen LogP contribution in [-0.4, -0.2) is 23.8 Å². The smallest absolute Gasteiger partial charge is 0.0587 e. The number of hydrogen-bond donors (Lipinski definition) is 2. The molecule has 0 amide bonds. The molecule has 1 fully saturated rings. The van der Waals surface area contributed by atoms with Crippen LogP contribution in [0.15, 0.2) is 0 Å². The molecule has 2 N–H and O–H groups in total. The van der Waals surface area contributed by atoms with Gasteiger partial charge in [0, 0.05) is 12.1 Å². The fourth-order valence-electron chi connectivity index (χ4n) is 2.74. The lowest BCUT2D eigenvalue weighted by atomic mass is 9.79. The van der Waals surface area contributed by atoms with Gasteiger partial charge in [-0.2, -0.15) is 0 Å². The maximum absolute atomic E-state index is 9.34. The van der Waals surface area contributed by atoms with Crippen LogP contribution in [0.2, 0.25) is 0 Å². The quantitative estimate of drug-likeness (QED) is 0.757. The van der Waals surface area contributed by atoms with Crippen molar-refractivity contribution in [1.82, 2.24) is 5.32 Å². The minimum atomic E-state index is 0.264. The highest BCUT2D eigenvalue weighted by atomic mass is 16.3. The summed E-state index contributed by atoms with van der Waals surface area (Å²) in [5, 5.41) is 13.0. The Hall–Kier alpha value is -0.0800. The van der Waals surface area contributed by atoms with Gasteiger partial charge in [0.15, 0.2) is 0 Å². The summed E-state index contributed by atoms with van der Waals surface area (Å²) < 4.78 is 0. The summed E-state index contributed by atoms with van der Waals surface area (Å²) in [6, 6.07) is 0.900. The third-order valence-electron chi connectivity index (χ3n) is 4.11. The number of aliphatic hydroxyl groups is 1. The lowest BCUT2D eigenvalue weighted by molar-refractivity contribution is 0.165. The van der Waals surface area contributed by atoms with E-state index in [1.54, 1.807) is 0 Å². The number of nitrogens with one attached hydrogen (secondary N) is 1. The molecule has 0 aromatic rings. The zero-order valence-corrected chi connectivity index (χ0v) is 11.4. The highest BCUT2D eigenvalue weighted by molar-refractivity contribution is 4.83. The minimum Gasteiger partial charge on any atom is -0.395 e. The molecule has 0 radical (unpaired) electrons. The predicted molar refractivity (Wildman–Crippen MR) is 69.4 cm³/mol. The Balaban J connectivity index is 2.41. The van der Waals surface area contributed by atoms with Crippen molar-refractivity contribution in [3.8, 4) is 0 Å². The zero-order chi connectivity index (χ0) is 12.1. The van der Waals surface area contributed by atoms with Crippen LogP contribution >= 0.6 is 0 Å². The zero-order valence-electron chi connectivity index (χ0n) is 11.4. The second kappa shape index (κ2) is 6.61. The Morgan fingerprint density at radius 1 is 1.19 bits per heavy atom. The van der Waals surface area contributed by atoms with Crippen molar-refractivity contribution >= 4 is 0 Å². The Morgan fingerprint density at radius 2 is 1.88 bits per heavy atom. The molecular formula is C14H29NO. The molecule has 1 saturated carbocycles. The van der Waals surface area contributed by atoms with Crippen LogP contribution in [0.1, 0.15) is 53.4 Å². The van der Waals surface area contributed by atoms with E-state index >= 15 is 0 Å². The van der Waals surface area contributed by atoms with Crippen molar-refractivity contribution in [2.75, 3.05) is 6.61 Å². The molecule has 0 aromatic carbocycles. The van der Waals surface area contributed by atoms with Crippen molar-refractivity contribution in [3.05, 3.63) is 0 Å². The van der Waals surface area contributed by atoms with Crippen LogP contribution < -0.4 is 5.32 Å². The summed E-state index contributed by atoms with van der Waals surface area (Å²) in [5.74, 6) is 2.19. The van der Waals surface area contributed by atoms with E-state index in [1.807, 2.05) is 0 Å². The molecule has 2 nitrogen and oxygen atoms in total. The van der Waals surface area contributed by atoms with Gasteiger partial charge in [-0.05, 0) is 30.6 Å². The molecule has 0 spiro atoms. The Bertz CT molecular complexity index is 191. The number of hydrogen-bond acceptors (Lipinski definition) is 2. The summed E-state index contributed by atoms with van der Waals surface area (Å²) >= 11 is 0. The first-order valence-corrected chi connectivity index (χ1v) is 6.91. The van der Waals surface area contributed by atoms with Gasteiger partial charge < -0.3 is 10.4 Å². The first-order chi connectivity index (χ1) is 7.54. The van der Waals surface area contributed by atoms with Gasteiger partial charge in [-0.25, -0.2) is 0 Å². The maximum atomic E-state index is 9.34. The Labute approximate surface area is 101 Å². The van der Waals surface area contributed by atoms with Gasteiger partial charge in [0.1, 0.15) is 0 Å². The molecule has 2 heteroatoms. The lowest BCUT2D eigenvalue weighted by Crippen LogP contribution is -2.46. The van der Waals surface area contributed by atoms with Gasteiger partial charge in [-0.15, -0.1) is 0 Å². The van der Waals surface area contributed by atoms with E-state index in [-0.39, 0.29) is 12.6 Å². The van der Waals surface area contributed by atoms with E-state index in [4.69, 9.17) is 0 Å². The van der Waals surface area contributed by atoms with Crippen molar-refractivity contribution < 1.29 is 5.11 Å². The molecule has 96 valence electrons. The highest BCUT2D eigenvalue weighted by Gasteiger charge is 2.26. The second-order valence-electron chi connectivity index (χ2n) is 6.07. The summed E-state index contributed by atoms with van der Waals surface area (Å²) in [7, 11) is 0. The predicted octanol–water partition coefficient (Wildman–Crippen LogP) is 2.81. The van der Waals surface area contributed by atoms with Gasteiger partial charge in [0.05, 0.1) is 6.61 Å². The van der Waals surface area contributed by atoms with E-state index in [0.29, 0.717) is 12.0 Å².